The average Bonchev–Trinajstić information content (AvgIpc) is 2.74. The second-order valence-corrected chi connectivity index (χ2v) is 12.8. The Morgan fingerprint density at radius 2 is 1.31 bits per heavy atom. The van der Waals surface area contributed by atoms with Crippen molar-refractivity contribution >= 4 is 29.9 Å². The van der Waals surface area contributed by atoms with E-state index >= 15 is 0 Å². The lowest BCUT2D eigenvalue weighted by Gasteiger charge is -2.34. The van der Waals surface area contributed by atoms with Crippen LogP contribution in [0.5, 0.6) is 5.75 Å². The van der Waals surface area contributed by atoms with Crippen LogP contribution in [0.25, 0.3) is 21.5 Å². The molecular weight excluding hydrogens is 368 g/mol. The van der Waals surface area contributed by atoms with Crippen molar-refractivity contribution in [3.05, 3.63) is 54.1 Å². The van der Waals surface area contributed by atoms with E-state index in [2.05, 4.69) is 76.2 Å². The molecule has 156 valence electrons. The van der Waals surface area contributed by atoms with Gasteiger partial charge in [0.05, 0.1) is 0 Å². The third-order valence-electron chi connectivity index (χ3n) is 6.32. The van der Waals surface area contributed by atoms with Crippen molar-refractivity contribution in [1.29, 1.82) is 0 Å². The van der Waals surface area contributed by atoms with Gasteiger partial charge in [0.15, 0.2) is 0 Å². The van der Waals surface area contributed by atoms with Gasteiger partial charge in [-0.2, -0.15) is 0 Å². The van der Waals surface area contributed by atoms with Crippen molar-refractivity contribution in [3.63, 3.8) is 0 Å². The summed E-state index contributed by atoms with van der Waals surface area (Å²) < 4.78 is 7.35. The van der Waals surface area contributed by atoms with Gasteiger partial charge in [-0.25, -0.2) is 0 Å². The molecule has 3 aromatic rings. The fourth-order valence-corrected chi connectivity index (χ4v) is 9.30. The molecule has 0 spiro atoms. The Labute approximate surface area is 178 Å². The van der Waals surface area contributed by atoms with Crippen molar-refractivity contribution in [3.8, 4) is 5.75 Å². The number of fused-ring (bicyclic) bond motifs is 2. The Morgan fingerprint density at radius 1 is 0.724 bits per heavy atom. The van der Waals surface area contributed by atoms with Gasteiger partial charge >= 0.3 is 0 Å². The average molecular weight is 407 g/mol. The van der Waals surface area contributed by atoms with Crippen LogP contribution in [0, 0.1) is 6.92 Å². The Balaban J connectivity index is 2.18. The summed E-state index contributed by atoms with van der Waals surface area (Å²) in [5.74, 6) is 1.17. The fourth-order valence-electron chi connectivity index (χ4n) is 4.60. The van der Waals surface area contributed by atoms with E-state index in [4.69, 9.17) is 4.43 Å². The van der Waals surface area contributed by atoms with Crippen LogP contribution in [0.4, 0.5) is 0 Å². The molecule has 3 aromatic carbocycles. The van der Waals surface area contributed by atoms with Gasteiger partial charge in [-0.05, 0) is 47.5 Å². The zero-order valence-electron chi connectivity index (χ0n) is 18.9. The highest BCUT2D eigenvalue weighted by atomic mass is 28.4. The summed E-state index contributed by atoms with van der Waals surface area (Å²) in [5.41, 5.74) is 1.33. The maximum atomic E-state index is 7.35. The van der Waals surface area contributed by atoms with Crippen molar-refractivity contribution in [2.45, 2.75) is 84.4 Å². The molecule has 0 fully saturated rings. The molecule has 0 aliphatic heterocycles. The minimum atomic E-state index is -1.86. The lowest BCUT2D eigenvalue weighted by molar-refractivity contribution is 0.520. The Kier molecular flexibility index (Phi) is 7.77. The number of hydrogen-bond acceptors (Lipinski definition) is 1. The monoisotopic (exact) mass is 406 g/mol. The minimum Gasteiger partial charge on any atom is -0.543 e. The van der Waals surface area contributed by atoms with Crippen LogP contribution in [0.3, 0.4) is 0 Å². The van der Waals surface area contributed by atoms with Gasteiger partial charge in [-0.15, -0.1) is 0 Å². The lowest BCUT2D eigenvalue weighted by atomic mass is 9.99. The van der Waals surface area contributed by atoms with Gasteiger partial charge in [-0.1, -0.05) is 102 Å². The van der Waals surface area contributed by atoms with Crippen LogP contribution in [-0.4, -0.2) is 8.32 Å². The molecule has 1 nitrogen and oxygen atoms in total. The molecule has 29 heavy (non-hydrogen) atoms. The molecule has 0 bridgehead atoms. The van der Waals surface area contributed by atoms with E-state index < -0.39 is 8.32 Å². The minimum absolute atomic E-state index is 1.17. The van der Waals surface area contributed by atoms with E-state index in [0.717, 1.165) is 0 Å². The van der Waals surface area contributed by atoms with Crippen LogP contribution in [0.15, 0.2) is 48.5 Å². The largest absolute Gasteiger partial charge is 0.543 e. The summed E-state index contributed by atoms with van der Waals surface area (Å²) >= 11 is 0. The molecule has 0 aliphatic rings. The molecule has 0 aromatic heterocycles. The summed E-state index contributed by atoms with van der Waals surface area (Å²) in [6, 6.07) is 21.7. The van der Waals surface area contributed by atoms with Crippen LogP contribution in [0.2, 0.25) is 18.1 Å². The number of rotatable bonds is 11. The van der Waals surface area contributed by atoms with E-state index in [1.807, 2.05) is 0 Å². The Hall–Kier alpha value is -1.80. The highest BCUT2D eigenvalue weighted by Crippen LogP contribution is 2.41. The van der Waals surface area contributed by atoms with Gasteiger partial charge < -0.3 is 4.43 Å². The zero-order chi connectivity index (χ0) is 20.7. The topological polar surface area (TPSA) is 9.23 Å². The first kappa shape index (κ1) is 21.9. The molecule has 0 N–H and O–H groups in total. The molecule has 0 saturated carbocycles. The predicted octanol–water partition coefficient (Wildman–Crippen LogP) is 9.03. The summed E-state index contributed by atoms with van der Waals surface area (Å²) in [5, 5.41) is 5.22. The zero-order valence-corrected chi connectivity index (χ0v) is 19.9. The van der Waals surface area contributed by atoms with Crippen molar-refractivity contribution in [2.75, 3.05) is 0 Å². The first-order valence-electron chi connectivity index (χ1n) is 11.7. The molecular formula is C27H38OSi. The van der Waals surface area contributed by atoms with Crippen molar-refractivity contribution in [2.24, 2.45) is 0 Å². The number of aryl methyl sites for hydroxylation is 1. The fraction of sp³-hybridized carbons (Fsp3) is 0.481. The molecule has 2 heteroatoms. The van der Waals surface area contributed by atoms with Gasteiger partial charge in [0.1, 0.15) is 5.75 Å². The second-order valence-electron chi connectivity index (χ2n) is 8.70. The van der Waals surface area contributed by atoms with E-state index in [1.54, 1.807) is 0 Å². The van der Waals surface area contributed by atoms with Crippen LogP contribution < -0.4 is 4.43 Å². The second kappa shape index (κ2) is 10.3. The third-order valence-corrected chi connectivity index (χ3v) is 10.8. The number of unbranched alkanes of at least 4 members (excludes halogenated alkanes) is 3. The smallest absolute Gasteiger partial charge is 0.251 e. The van der Waals surface area contributed by atoms with Gasteiger partial charge in [0.25, 0.3) is 8.32 Å². The van der Waals surface area contributed by atoms with E-state index in [1.165, 1.54) is 89.5 Å². The molecule has 0 atom stereocenters. The van der Waals surface area contributed by atoms with Crippen LogP contribution in [-0.2, 0) is 0 Å². The standard InChI is InChI=1S/C27H38OSi/c1-5-8-18-29(19-9-6-2,20-10-7-3)28-27-25-17-12-11-15-23(25)21-24-16-13-14-22(4)26(24)27/h11-17,21H,5-10,18-20H2,1-4H3. The molecule has 0 saturated heterocycles. The van der Waals surface area contributed by atoms with Crippen LogP contribution >= 0.6 is 0 Å². The Bertz CT molecular complexity index is 909. The number of hydrogen-bond donors (Lipinski definition) is 0. The summed E-state index contributed by atoms with van der Waals surface area (Å²) in [7, 11) is -1.86. The third kappa shape index (κ3) is 5.03. The van der Waals surface area contributed by atoms with Gasteiger partial charge in [-0.3, -0.25) is 0 Å². The SMILES string of the molecule is CCCC[Si](CCCC)(CCCC)Oc1c2ccccc2cc2cccc(C)c12. The molecule has 3 rings (SSSR count). The maximum absolute atomic E-state index is 7.35. The lowest BCUT2D eigenvalue weighted by Crippen LogP contribution is -2.41. The van der Waals surface area contributed by atoms with Crippen molar-refractivity contribution in [1.82, 2.24) is 0 Å². The van der Waals surface area contributed by atoms with E-state index in [9.17, 15) is 0 Å². The first-order chi connectivity index (χ1) is 14.1. The summed E-state index contributed by atoms with van der Waals surface area (Å²) in [6.45, 7) is 9.18. The highest BCUT2D eigenvalue weighted by Gasteiger charge is 2.36. The quantitative estimate of drug-likeness (QED) is 0.228. The Morgan fingerprint density at radius 3 is 1.93 bits per heavy atom. The van der Waals surface area contributed by atoms with Gasteiger partial charge in [0, 0.05) is 10.8 Å². The summed E-state index contributed by atoms with van der Waals surface area (Å²) in [4.78, 5) is 0. The normalized spacial score (nSPS) is 12.0. The molecule has 0 unspecified atom stereocenters. The van der Waals surface area contributed by atoms with E-state index in [0.29, 0.717) is 0 Å². The maximum Gasteiger partial charge on any atom is 0.251 e. The highest BCUT2D eigenvalue weighted by molar-refractivity contribution is 6.74. The molecule has 0 amide bonds. The molecule has 0 aliphatic carbocycles. The molecule has 0 radical (unpaired) electrons. The first-order valence-corrected chi connectivity index (χ1v) is 14.3. The predicted molar refractivity (Wildman–Crippen MR) is 132 cm³/mol. The van der Waals surface area contributed by atoms with E-state index in [-0.39, 0.29) is 0 Å². The molecule has 0 heterocycles. The van der Waals surface area contributed by atoms with Crippen molar-refractivity contribution < 1.29 is 4.43 Å². The van der Waals surface area contributed by atoms with Crippen LogP contribution in [0.1, 0.15) is 64.9 Å². The number of benzene rings is 3. The van der Waals surface area contributed by atoms with Gasteiger partial charge in [0.2, 0.25) is 0 Å². The summed E-state index contributed by atoms with van der Waals surface area (Å²) in [6.07, 6.45) is 7.65.